The first kappa shape index (κ1) is 14.1. The van der Waals surface area contributed by atoms with Crippen molar-refractivity contribution in [1.29, 1.82) is 0 Å². The Labute approximate surface area is 118 Å². The fourth-order valence-corrected chi connectivity index (χ4v) is 3.14. The Morgan fingerprint density at radius 3 is 2.79 bits per heavy atom. The molecule has 5 nitrogen and oxygen atoms in total. The van der Waals surface area contributed by atoms with Crippen LogP contribution in [0.15, 0.2) is 12.3 Å². The van der Waals surface area contributed by atoms with Crippen LogP contribution >= 0.6 is 11.5 Å². The normalized spacial score (nSPS) is 13.1. The zero-order valence-corrected chi connectivity index (χ0v) is 12.7. The van der Waals surface area contributed by atoms with Crippen molar-refractivity contribution >= 4 is 11.5 Å². The lowest BCUT2D eigenvalue weighted by atomic mass is 10.0. The summed E-state index contributed by atoms with van der Waals surface area (Å²) in [4.78, 5) is 1.26. The standard InChI is InChI=1S/C13H21N5S/c1-9(2)12-13(19-17-16-12)11(14-3)6-5-10-7-8-15-18(10)4/h7-9,11,14H,5-6H2,1-4H3. The minimum atomic E-state index is 0.312. The summed E-state index contributed by atoms with van der Waals surface area (Å²) in [5, 5.41) is 11.8. The Morgan fingerprint density at radius 1 is 1.42 bits per heavy atom. The van der Waals surface area contributed by atoms with Gasteiger partial charge >= 0.3 is 0 Å². The number of nitrogens with one attached hydrogen (secondary N) is 1. The van der Waals surface area contributed by atoms with Gasteiger partial charge in [-0.2, -0.15) is 5.10 Å². The van der Waals surface area contributed by atoms with Gasteiger partial charge in [-0.05, 0) is 43.4 Å². The second-order valence-electron chi connectivity index (χ2n) is 5.00. The highest BCUT2D eigenvalue weighted by molar-refractivity contribution is 7.05. The number of rotatable bonds is 6. The zero-order chi connectivity index (χ0) is 13.8. The van der Waals surface area contributed by atoms with E-state index in [1.807, 2.05) is 25.0 Å². The van der Waals surface area contributed by atoms with Crippen LogP contribution in [0.2, 0.25) is 0 Å². The third-order valence-electron chi connectivity index (χ3n) is 3.36. The Kier molecular flexibility index (Phi) is 4.66. The van der Waals surface area contributed by atoms with Crippen LogP contribution < -0.4 is 5.32 Å². The van der Waals surface area contributed by atoms with E-state index in [0.717, 1.165) is 18.5 Å². The fraction of sp³-hybridized carbons (Fsp3) is 0.615. The van der Waals surface area contributed by atoms with Crippen LogP contribution in [0, 0.1) is 0 Å². The maximum absolute atomic E-state index is 4.26. The van der Waals surface area contributed by atoms with Crippen LogP contribution in [-0.2, 0) is 13.5 Å². The second kappa shape index (κ2) is 6.25. The van der Waals surface area contributed by atoms with E-state index in [1.54, 1.807) is 0 Å². The van der Waals surface area contributed by atoms with Gasteiger partial charge in [-0.1, -0.05) is 18.3 Å². The predicted molar refractivity (Wildman–Crippen MR) is 77.3 cm³/mol. The number of nitrogens with zero attached hydrogens (tertiary/aromatic N) is 4. The van der Waals surface area contributed by atoms with Gasteiger partial charge < -0.3 is 5.32 Å². The molecule has 2 heterocycles. The number of aromatic nitrogens is 4. The van der Waals surface area contributed by atoms with Gasteiger partial charge in [-0.15, -0.1) is 5.10 Å². The monoisotopic (exact) mass is 279 g/mol. The van der Waals surface area contributed by atoms with Crippen LogP contribution in [-0.4, -0.2) is 26.4 Å². The maximum Gasteiger partial charge on any atom is 0.0829 e. The van der Waals surface area contributed by atoms with Crippen molar-refractivity contribution in [3.8, 4) is 0 Å². The van der Waals surface area contributed by atoms with Crippen molar-refractivity contribution in [3.05, 3.63) is 28.5 Å². The molecule has 1 N–H and O–H groups in total. The Bertz CT molecular complexity index is 517. The molecular formula is C13H21N5S. The lowest BCUT2D eigenvalue weighted by Gasteiger charge is -2.16. The lowest BCUT2D eigenvalue weighted by Crippen LogP contribution is -2.18. The van der Waals surface area contributed by atoms with Crippen LogP contribution in [0.25, 0.3) is 0 Å². The van der Waals surface area contributed by atoms with E-state index in [4.69, 9.17) is 0 Å². The molecule has 0 amide bonds. The highest BCUT2D eigenvalue weighted by atomic mass is 32.1. The molecular weight excluding hydrogens is 258 g/mol. The van der Waals surface area contributed by atoms with Gasteiger partial charge in [-0.25, -0.2) is 0 Å². The highest BCUT2D eigenvalue weighted by Gasteiger charge is 2.20. The molecule has 2 aromatic rings. The van der Waals surface area contributed by atoms with E-state index in [0.29, 0.717) is 12.0 Å². The smallest absolute Gasteiger partial charge is 0.0829 e. The van der Waals surface area contributed by atoms with E-state index in [2.05, 4.69) is 39.9 Å². The predicted octanol–water partition coefficient (Wildman–Crippen LogP) is 2.29. The van der Waals surface area contributed by atoms with E-state index in [9.17, 15) is 0 Å². The summed E-state index contributed by atoms with van der Waals surface area (Å²) in [5.41, 5.74) is 2.37. The Balaban J connectivity index is 2.08. The SMILES string of the molecule is CNC(CCc1ccnn1C)c1snnc1C(C)C. The molecule has 0 radical (unpaired) electrons. The summed E-state index contributed by atoms with van der Waals surface area (Å²) in [5.74, 6) is 0.418. The topological polar surface area (TPSA) is 55.6 Å². The van der Waals surface area contributed by atoms with Crippen LogP contribution in [0.4, 0.5) is 0 Å². The second-order valence-corrected chi connectivity index (χ2v) is 5.79. The van der Waals surface area contributed by atoms with Crippen LogP contribution in [0.5, 0.6) is 0 Å². The first-order valence-electron chi connectivity index (χ1n) is 6.59. The Morgan fingerprint density at radius 2 is 2.21 bits per heavy atom. The van der Waals surface area contributed by atoms with Gasteiger partial charge in [0.2, 0.25) is 0 Å². The first-order valence-corrected chi connectivity index (χ1v) is 7.37. The van der Waals surface area contributed by atoms with Gasteiger partial charge in [-0.3, -0.25) is 4.68 Å². The fourth-order valence-electron chi connectivity index (χ4n) is 2.19. The molecule has 0 saturated heterocycles. The average Bonchev–Trinajstić information content (AvgIpc) is 3.00. The molecule has 0 bridgehead atoms. The van der Waals surface area contributed by atoms with Gasteiger partial charge in [0.25, 0.3) is 0 Å². The number of aryl methyl sites for hydroxylation is 2. The highest BCUT2D eigenvalue weighted by Crippen LogP contribution is 2.28. The molecule has 0 aromatic carbocycles. The molecule has 0 saturated carbocycles. The van der Waals surface area contributed by atoms with Crippen molar-refractivity contribution < 1.29 is 0 Å². The molecule has 104 valence electrons. The number of hydrogen-bond acceptors (Lipinski definition) is 5. The third-order valence-corrected chi connectivity index (χ3v) is 4.22. The quantitative estimate of drug-likeness (QED) is 0.881. The van der Waals surface area contributed by atoms with Crippen molar-refractivity contribution in [1.82, 2.24) is 24.7 Å². The Hall–Kier alpha value is -1.27. The van der Waals surface area contributed by atoms with E-state index in [-0.39, 0.29) is 0 Å². The number of hydrogen-bond donors (Lipinski definition) is 1. The van der Waals surface area contributed by atoms with Gasteiger partial charge in [0.15, 0.2) is 0 Å². The lowest BCUT2D eigenvalue weighted by molar-refractivity contribution is 0.535. The van der Waals surface area contributed by atoms with Crippen molar-refractivity contribution in [2.75, 3.05) is 7.05 Å². The van der Waals surface area contributed by atoms with E-state index in [1.165, 1.54) is 22.1 Å². The minimum Gasteiger partial charge on any atom is -0.312 e. The summed E-state index contributed by atoms with van der Waals surface area (Å²) in [6.45, 7) is 4.32. The summed E-state index contributed by atoms with van der Waals surface area (Å²) < 4.78 is 6.04. The van der Waals surface area contributed by atoms with Crippen LogP contribution in [0.1, 0.15) is 48.5 Å². The molecule has 0 aliphatic heterocycles. The average molecular weight is 279 g/mol. The molecule has 2 aromatic heterocycles. The minimum absolute atomic E-state index is 0.312. The molecule has 0 aliphatic rings. The molecule has 6 heteroatoms. The van der Waals surface area contributed by atoms with Crippen LogP contribution in [0.3, 0.4) is 0 Å². The third kappa shape index (κ3) is 3.19. The molecule has 2 rings (SSSR count). The molecule has 0 spiro atoms. The largest absolute Gasteiger partial charge is 0.312 e. The summed E-state index contributed by atoms with van der Waals surface area (Å²) in [6.07, 6.45) is 3.87. The van der Waals surface area contributed by atoms with Gasteiger partial charge in [0, 0.05) is 25.0 Å². The van der Waals surface area contributed by atoms with Crippen molar-refractivity contribution in [2.24, 2.45) is 7.05 Å². The van der Waals surface area contributed by atoms with Gasteiger partial charge in [0.05, 0.1) is 10.6 Å². The van der Waals surface area contributed by atoms with Gasteiger partial charge in [0.1, 0.15) is 0 Å². The summed E-state index contributed by atoms with van der Waals surface area (Å²) in [6, 6.07) is 2.38. The van der Waals surface area contributed by atoms with Crippen molar-refractivity contribution in [3.63, 3.8) is 0 Å². The molecule has 19 heavy (non-hydrogen) atoms. The summed E-state index contributed by atoms with van der Waals surface area (Å²) in [7, 11) is 3.98. The summed E-state index contributed by atoms with van der Waals surface area (Å²) >= 11 is 1.51. The van der Waals surface area contributed by atoms with E-state index >= 15 is 0 Å². The molecule has 1 unspecified atom stereocenters. The van der Waals surface area contributed by atoms with E-state index < -0.39 is 0 Å². The van der Waals surface area contributed by atoms with Crippen molar-refractivity contribution in [2.45, 2.75) is 38.6 Å². The zero-order valence-electron chi connectivity index (χ0n) is 11.9. The molecule has 1 atom stereocenters. The first-order chi connectivity index (χ1) is 9.13. The molecule has 0 aliphatic carbocycles. The molecule has 0 fully saturated rings. The maximum atomic E-state index is 4.26.